The lowest BCUT2D eigenvalue weighted by Gasteiger charge is -2.17. The second kappa shape index (κ2) is 6.22. The molecule has 1 amide bonds. The third-order valence-electron chi connectivity index (χ3n) is 3.97. The Morgan fingerprint density at radius 1 is 1.29 bits per heavy atom. The maximum atomic E-state index is 12.3. The molecule has 2 rings (SSSR count). The van der Waals surface area contributed by atoms with E-state index in [1.54, 1.807) is 12.1 Å². The molecule has 0 saturated carbocycles. The number of carbonyl (C=O) groups is 2. The van der Waals surface area contributed by atoms with E-state index < -0.39 is 5.97 Å². The number of aliphatic carboxylic acids is 1. The van der Waals surface area contributed by atoms with Gasteiger partial charge in [-0.1, -0.05) is 6.92 Å². The van der Waals surface area contributed by atoms with Gasteiger partial charge in [0.15, 0.2) is 0 Å². The molecule has 0 aliphatic carbocycles. The van der Waals surface area contributed by atoms with Crippen molar-refractivity contribution >= 4 is 17.6 Å². The molecule has 21 heavy (non-hydrogen) atoms. The fourth-order valence-corrected chi connectivity index (χ4v) is 2.70. The second-order valence-electron chi connectivity index (χ2n) is 5.53. The monoisotopic (exact) mass is 292 g/mol. The minimum atomic E-state index is -0.931. The maximum absolute atomic E-state index is 12.3. The molecule has 4 unspecified atom stereocenters. The third-order valence-corrected chi connectivity index (χ3v) is 3.97. The first-order valence-electron chi connectivity index (χ1n) is 7.01. The number of carboxylic acid groups (broad SMARTS) is 1. The van der Waals surface area contributed by atoms with Crippen LogP contribution in [0.3, 0.4) is 0 Å². The second-order valence-corrected chi connectivity index (χ2v) is 5.53. The van der Waals surface area contributed by atoms with Gasteiger partial charge in [0.25, 0.3) is 0 Å². The highest BCUT2D eigenvalue weighted by molar-refractivity contribution is 5.93. The number of nitrogens with one attached hydrogen (secondary N) is 1. The molecule has 1 aromatic rings. The SMILES string of the molecule is CC1OC(C)C(C(=O)Nc2ccc(CC(=O)O)nc2)C1C. The summed E-state index contributed by atoms with van der Waals surface area (Å²) in [4.78, 5) is 26.9. The van der Waals surface area contributed by atoms with Crippen LogP contribution in [0.1, 0.15) is 26.5 Å². The summed E-state index contributed by atoms with van der Waals surface area (Å²) < 4.78 is 5.67. The van der Waals surface area contributed by atoms with Crippen molar-refractivity contribution in [2.45, 2.75) is 39.4 Å². The van der Waals surface area contributed by atoms with E-state index in [1.807, 2.05) is 20.8 Å². The molecular formula is C15H20N2O4. The molecule has 1 aromatic heterocycles. The normalized spacial score (nSPS) is 28.3. The number of amides is 1. The lowest BCUT2D eigenvalue weighted by molar-refractivity contribution is -0.136. The Balaban J connectivity index is 2.01. The molecule has 6 heteroatoms. The average Bonchev–Trinajstić information content (AvgIpc) is 2.65. The van der Waals surface area contributed by atoms with Crippen molar-refractivity contribution in [2.75, 3.05) is 5.32 Å². The van der Waals surface area contributed by atoms with Gasteiger partial charge in [-0.15, -0.1) is 0 Å². The quantitative estimate of drug-likeness (QED) is 0.882. The lowest BCUT2D eigenvalue weighted by atomic mass is 9.89. The molecule has 1 aliphatic rings. The Bertz CT molecular complexity index is 529. The number of carboxylic acids is 1. The zero-order valence-corrected chi connectivity index (χ0v) is 12.4. The summed E-state index contributed by atoms with van der Waals surface area (Å²) in [7, 11) is 0. The Morgan fingerprint density at radius 3 is 2.48 bits per heavy atom. The molecule has 1 saturated heterocycles. The van der Waals surface area contributed by atoms with E-state index in [9.17, 15) is 9.59 Å². The first kappa shape index (κ1) is 15.4. The number of hydrogen-bond acceptors (Lipinski definition) is 4. The average molecular weight is 292 g/mol. The molecule has 4 atom stereocenters. The summed E-state index contributed by atoms with van der Waals surface area (Å²) in [6.07, 6.45) is 1.29. The first-order valence-corrected chi connectivity index (χ1v) is 7.01. The number of hydrogen-bond donors (Lipinski definition) is 2. The van der Waals surface area contributed by atoms with Gasteiger partial charge in [-0.2, -0.15) is 0 Å². The zero-order chi connectivity index (χ0) is 15.6. The van der Waals surface area contributed by atoms with Crippen molar-refractivity contribution in [1.82, 2.24) is 4.98 Å². The predicted octanol–water partition coefficient (Wildman–Crippen LogP) is 1.71. The molecule has 0 radical (unpaired) electrons. The van der Waals surface area contributed by atoms with E-state index in [0.717, 1.165) is 0 Å². The molecule has 1 aliphatic heterocycles. The van der Waals surface area contributed by atoms with Crippen LogP contribution < -0.4 is 5.32 Å². The van der Waals surface area contributed by atoms with E-state index in [0.29, 0.717) is 11.4 Å². The van der Waals surface area contributed by atoms with Gasteiger partial charge in [0.2, 0.25) is 5.91 Å². The molecule has 0 spiro atoms. The van der Waals surface area contributed by atoms with Crippen LogP contribution in [-0.2, 0) is 20.7 Å². The standard InChI is InChI=1S/C15H20N2O4/c1-8-9(2)21-10(3)14(8)15(20)17-12-5-4-11(16-7-12)6-13(18)19/h4-5,7-10,14H,6H2,1-3H3,(H,17,20)(H,18,19). The van der Waals surface area contributed by atoms with Crippen LogP contribution in [0.4, 0.5) is 5.69 Å². The zero-order valence-electron chi connectivity index (χ0n) is 12.4. The maximum Gasteiger partial charge on any atom is 0.309 e. The molecular weight excluding hydrogens is 272 g/mol. The van der Waals surface area contributed by atoms with Crippen molar-refractivity contribution in [3.05, 3.63) is 24.0 Å². The topological polar surface area (TPSA) is 88.5 Å². The van der Waals surface area contributed by atoms with E-state index >= 15 is 0 Å². The molecule has 0 bridgehead atoms. The van der Waals surface area contributed by atoms with Gasteiger partial charge in [-0.3, -0.25) is 14.6 Å². The van der Waals surface area contributed by atoms with Crippen LogP contribution in [0, 0.1) is 11.8 Å². The van der Waals surface area contributed by atoms with Crippen molar-refractivity contribution in [2.24, 2.45) is 11.8 Å². The van der Waals surface area contributed by atoms with E-state index in [4.69, 9.17) is 9.84 Å². The molecule has 2 N–H and O–H groups in total. The summed E-state index contributed by atoms with van der Waals surface area (Å²) in [5, 5.41) is 11.5. The van der Waals surface area contributed by atoms with Gasteiger partial charge in [0.1, 0.15) is 0 Å². The molecule has 1 fully saturated rings. The lowest BCUT2D eigenvalue weighted by Crippen LogP contribution is -2.32. The number of aromatic nitrogens is 1. The summed E-state index contributed by atoms with van der Waals surface area (Å²) in [5.41, 5.74) is 1.02. The highest BCUT2D eigenvalue weighted by Gasteiger charge is 2.41. The molecule has 6 nitrogen and oxygen atoms in total. The van der Waals surface area contributed by atoms with Crippen molar-refractivity contribution in [3.8, 4) is 0 Å². The van der Waals surface area contributed by atoms with Crippen LogP contribution in [-0.4, -0.2) is 34.2 Å². The van der Waals surface area contributed by atoms with Gasteiger partial charge < -0.3 is 15.2 Å². The van der Waals surface area contributed by atoms with Crippen molar-refractivity contribution < 1.29 is 19.4 Å². The van der Waals surface area contributed by atoms with Crippen molar-refractivity contribution in [1.29, 1.82) is 0 Å². The van der Waals surface area contributed by atoms with Gasteiger partial charge in [-0.25, -0.2) is 0 Å². The fourth-order valence-electron chi connectivity index (χ4n) is 2.70. The number of nitrogens with zero attached hydrogens (tertiary/aromatic N) is 1. The van der Waals surface area contributed by atoms with Crippen LogP contribution in [0.2, 0.25) is 0 Å². The largest absolute Gasteiger partial charge is 0.481 e. The van der Waals surface area contributed by atoms with Crippen molar-refractivity contribution in [3.63, 3.8) is 0 Å². The first-order chi connectivity index (χ1) is 9.88. The Kier molecular flexibility index (Phi) is 4.57. The van der Waals surface area contributed by atoms with E-state index in [-0.39, 0.29) is 36.4 Å². The Labute approximate surface area is 123 Å². The van der Waals surface area contributed by atoms with Gasteiger partial charge in [0.05, 0.1) is 42.1 Å². The highest BCUT2D eigenvalue weighted by atomic mass is 16.5. The minimum Gasteiger partial charge on any atom is -0.481 e. The number of rotatable bonds is 4. The van der Waals surface area contributed by atoms with Gasteiger partial charge in [0, 0.05) is 0 Å². The van der Waals surface area contributed by atoms with Crippen LogP contribution in [0.25, 0.3) is 0 Å². The Morgan fingerprint density at radius 2 is 2.00 bits per heavy atom. The highest BCUT2D eigenvalue weighted by Crippen LogP contribution is 2.32. The number of ether oxygens (including phenoxy) is 1. The third kappa shape index (κ3) is 3.58. The molecule has 0 aromatic carbocycles. The number of pyridine rings is 1. The fraction of sp³-hybridized carbons (Fsp3) is 0.533. The molecule has 2 heterocycles. The van der Waals surface area contributed by atoms with E-state index in [1.165, 1.54) is 6.20 Å². The van der Waals surface area contributed by atoms with Crippen LogP contribution in [0.5, 0.6) is 0 Å². The van der Waals surface area contributed by atoms with E-state index in [2.05, 4.69) is 10.3 Å². The summed E-state index contributed by atoms with van der Waals surface area (Å²) in [6, 6.07) is 3.27. The minimum absolute atomic E-state index is 0.0619. The van der Waals surface area contributed by atoms with Gasteiger partial charge in [-0.05, 0) is 31.9 Å². The number of anilines is 1. The predicted molar refractivity (Wildman–Crippen MR) is 76.9 cm³/mol. The smallest absolute Gasteiger partial charge is 0.309 e. The van der Waals surface area contributed by atoms with Crippen LogP contribution >= 0.6 is 0 Å². The molecule has 114 valence electrons. The van der Waals surface area contributed by atoms with Crippen LogP contribution in [0.15, 0.2) is 18.3 Å². The summed E-state index contributed by atoms with van der Waals surface area (Å²) in [6.45, 7) is 5.88. The Hall–Kier alpha value is -1.95. The summed E-state index contributed by atoms with van der Waals surface area (Å²) in [5.74, 6) is -1.07. The summed E-state index contributed by atoms with van der Waals surface area (Å²) >= 11 is 0. The number of carbonyl (C=O) groups excluding carboxylic acids is 1. The van der Waals surface area contributed by atoms with Gasteiger partial charge >= 0.3 is 5.97 Å².